The molecule has 0 saturated carbocycles. The summed E-state index contributed by atoms with van der Waals surface area (Å²) in [5.41, 5.74) is 5.68. The largest absolute Gasteiger partial charge is 0.366 e. The third-order valence-corrected chi connectivity index (χ3v) is 2.18. The molecule has 0 saturated heterocycles. The van der Waals surface area contributed by atoms with Crippen molar-refractivity contribution < 1.29 is 9.59 Å². The summed E-state index contributed by atoms with van der Waals surface area (Å²) < 4.78 is 0. The summed E-state index contributed by atoms with van der Waals surface area (Å²) in [5.74, 6) is -0.725. The van der Waals surface area contributed by atoms with Crippen LogP contribution in [0.2, 0.25) is 0 Å². The van der Waals surface area contributed by atoms with Crippen LogP contribution in [0, 0.1) is 0 Å². The molecule has 6 heteroatoms. The minimum absolute atomic E-state index is 0.252. The highest BCUT2D eigenvalue weighted by molar-refractivity contribution is 6.03. The van der Waals surface area contributed by atoms with E-state index in [-0.39, 0.29) is 17.1 Å². The lowest BCUT2D eigenvalue weighted by molar-refractivity contribution is 0.0995. The van der Waals surface area contributed by atoms with Crippen molar-refractivity contribution in [1.29, 1.82) is 0 Å². The summed E-state index contributed by atoms with van der Waals surface area (Å²) in [4.78, 5) is 30.6. The molecular formula is C12H10N4O2. The van der Waals surface area contributed by atoms with Gasteiger partial charge in [0.25, 0.3) is 5.91 Å². The van der Waals surface area contributed by atoms with Crippen molar-refractivity contribution in [1.82, 2.24) is 9.97 Å². The first-order valence-electron chi connectivity index (χ1n) is 5.15. The van der Waals surface area contributed by atoms with Crippen LogP contribution in [0.5, 0.6) is 0 Å². The van der Waals surface area contributed by atoms with Crippen molar-refractivity contribution in [3.63, 3.8) is 0 Å². The van der Waals surface area contributed by atoms with E-state index in [9.17, 15) is 9.59 Å². The first-order valence-corrected chi connectivity index (χ1v) is 5.15. The average Bonchev–Trinajstić information content (AvgIpc) is 2.40. The van der Waals surface area contributed by atoms with Crippen LogP contribution in [0.3, 0.4) is 0 Å². The number of anilines is 1. The number of nitrogens with two attached hydrogens (primary N) is 1. The van der Waals surface area contributed by atoms with E-state index in [4.69, 9.17) is 5.73 Å². The van der Waals surface area contributed by atoms with Gasteiger partial charge in [-0.2, -0.15) is 0 Å². The number of rotatable bonds is 3. The van der Waals surface area contributed by atoms with Gasteiger partial charge in [0.15, 0.2) is 0 Å². The molecule has 0 aliphatic carbocycles. The second kappa shape index (κ2) is 5.05. The van der Waals surface area contributed by atoms with Crippen LogP contribution in [0.1, 0.15) is 20.8 Å². The average molecular weight is 242 g/mol. The number of carbonyl (C=O) groups excluding carboxylic acids is 2. The van der Waals surface area contributed by atoms with Gasteiger partial charge in [-0.3, -0.25) is 14.6 Å². The van der Waals surface area contributed by atoms with Crippen molar-refractivity contribution in [2.75, 3.05) is 5.32 Å². The lowest BCUT2D eigenvalue weighted by Crippen LogP contribution is -2.16. The molecule has 0 aliphatic heterocycles. The second-order valence-electron chi connectivity index (χ2n) is 3.46. The zero-order chi connectivity index (χ0) is 13.0. The number of carbonyl (C=O) groups is 2. The molecule has 2 aromatic heterocycles. The maximum absolute atomic E-state index is 11.8. The molecule has 0 bridgehead atoms. The number of nitrogens with zero attached hydrogens (tertiary/aromatic N) is 2. The highest BCUT2D eigenvalue weighted by Crippen LogP contribution is 2.07. The predicted molar refractivity (Wildman–Crippen MR) is 64.9 cm³/mol. The zero-order valence-electron chi connectivity index (χ0n) is 9.33. The standard InChI is InChI=1S/C12H10N4O2/c13-11(17)8-4-6-15-10(7-8)16-12(18)9-3-1-2-5-14-9/h1-7H,(H2,13,17)(H,15,16,18). The number of primary amides is 1. The number of amides is 2. The normalized spacial score (nSPS) is 9.78. The van der Waals surface area contributed by atoms with Crippen LogP contribution in [-0.2, 0) is 0 Å². The van der Waals surface area contributed by atoms with Crippen LogP contribution in [0.15, 0.2) is 42.7 Å². The van der Waals surface area contributed by atoms with Gasteiger partial charge >= 0.3 is 0 Å². The summed E-state index contributed by atoms with van der Waals surface area (Å²) in [6.07, 6.45) is 2.91. The smallest absolute Gasteiger partial charge is 0.275 e. The highest BCUT2D eigenvalue weighted by Gasteiger charge is 2.08. The fraction of sp³-hybridized carbons (Fsp3) is 0. The number of hydrogen-bond acceptors (Lipinski definition) is 4. The summed E-state index contributed by atoms with van der Waals surface area (Å²) in [6, 6.07) is 7.87. The van der Waals surface area contributed by atoms with Crippen molar-refractivity contribution in [3.8, 4) is 0 Å². The van der Waals surface area contributed by atoms with E-state index in [1.807, 2.05) is 0 Å². The number of hydrogen-bond donors (Lipinski definition) is 2. The predicted octanol–water partition coefficient (Wildman–Crippen LogP) is 0.828. The van der Waals surface area contributed by atoms with E-state index in [0.717, 1.165) is 0 Å². The number of aromatic nitrogens is 2. The van der Waals surface area contributed by atoms with Crippen LogP contribution >= 0.6 is 0 Å². The van der Waals surface area contributed by atoms with E-state index in [1.54, 1.807) is 18.2 Å². The highest BCUT2D eigenvalue weighted by atomic mass is 16.2. The molecule has 0 aliphatic rings. The van der Waals surface area contributed by atoms with Crippen LogP contribution in [0.25, 0.3) is 0 Å². The quantitative estimate of drug-likeness (QED) is 0.832. The van der Waals surface area contributed by atoms with Gasteiger partial charge in [0.2, 0.25) is 5.91 Å². The Labute approximate surface area is 103 Å². The lowest BCUT2D eigenvalue weighted by atomic mass is 10.2. The van der Waals surface area contributed by atoms with Crippen molar-refractivity contribution in [2.24, 2.45) is 5.73 Å². The first kappa shape index (κ1) is 11.7. The molecule has 0 spiro atoms. The monoisotopic (exact) mass is 242 g/mol. The van der Waals surface area contributed by atoms with E-state index in [2.05, 4.69) is 15.3 Å². The van der Waals surface area contributed by atoms with E-state index in [0.29, 0.717) is 0 Å². The number of nitrogens with one attached hydrogen (secondary N) is 1. The zero-order valence-corrected chi connectivity index (χ0v) is 9.33. The molecule has 0 fully saturated rings. The minimum Gasteiger partial charge on any atom is -0.366 e. The van der Waals surface area contributed by atoms with Gasteiger partial charge in [0, 0.05) is 18.0 Å². The Hall–Kier alpha value is -2.76. The Bertz CT molecular complexity index is 584. The molecule has 2 aromatic rings. The van der Waals surface area contributed by atoms with Gasteiger partial charge in [0.05, 0.1) is 0 Å². The molecule has 2 heterocycles. The summed E-state index contributed by atoms with van der Waals surface area (Å²) in [7, 11) is 0. The molecule has 2 rings (SSSR count). The number of pyridine rings is 2. The van der Waals surface area contributed by atoms with Crippen molar-refractivity contribution >= 4 is 17.6 Å². The van der Waals surface area contributed by atoms with Crippen LogP contribution < -0.4 is 11.1 Å². The van der Waals surface area contributed by atoms with E-state index in [1.165, 1.54) is 24.5 Å². The molecule has 3 N–H and O–H groups in total. The molecular weight excluding hydrogens is 232 g/mol. The summed E-state index contributed by atoms with van der Waals surface area (Å²) in [6.45, 7) is 0. The maximum Gasteiger partial charge on any atom is 0.275 e. The first-order chi connectivity index (χ1) is 8.66. The van der Waals surface area contributed by atoms with Gasteiger partial charge in [-0.05, 0) is 24.3 Å². The fourth-order valence-corrected chi connectivity index (χ4v) is 1.33. The molecule has 0 unspecified atom stereocenters. The Balaban J connectivity index is 2.17. The van der Waals surface area contributed by atoms with Gasteiger partial charge in [-0.25, -0.2) is 4.98 Å². The fourth-order valence-electron chi connectivity index (χ4n) is 1.33. The molecule has 90 valence electrons. The molecule has 18 heavy (non-hydrogen) atoms. The summed E-state index contributed by atoms with van der Waals surface area (Å²) in [5, 5.41) is 2.53. The molecule has 0 atom stereocenters. The van der Waals surface area contributed by atoms with E-state index < -0.39 is 11.8 Å². The Kier molecular flexibility index (Phi) is 3.29. The second-order valence-corrected chi connectivity index (χ2v) is 3.46. The Morgan fingerprint density at radius 1 is 1.11 bits per heavy atom. The van der Waals surface area contributed by atoms with Gasteiger partial charge < -0.3 is 11.1 Å². The van der Waals surface area contributed by atoms with Crippen LogP contribution in [-0.4, -0.2) is 21.8 Å². The van der Waals surface area contributed by atoms with Gasteiger partial charge in [-0.1, -0.05) is 6.07 Å². The molecule has 0 aromatic carbocycles. The Morgan fingerprint density at radius 2 is 1.94 bits per heavy atom. The summed E-state index contributed by atoms with van der Waals surface area (Å²) >= 11 is 0. The van der Waals surface area contributed by atoms with Crippen LogP contribution in [0.4, 0.5) is 5.82 Å². The maximum atomic E-state index is 11.8. The van der Waals surface area contributed by atoms with Crippen molar-refractivity contribution in [2.45, 2.75) is 0 Å². The third kappa shape index (κ3) is 2.67. The topological polar surface area (TPSA) is 98.0 Å². The van der Waals surface area contributed by atoms with Gasteiger partial charge in [0.1, 0.15) is 11.5 Å². The van der Waals surface area contributed by atoms with Gasteiger partial charge in [-0.15, -0.1) is 0 Å². The van der Waals surface area contributed by atoms with E-state index >= 15 is 0 Å². The van der Waals surface area contributed by atoms with Crippen molar-refractivity contribution in [3.05, 3.63) is 54.0 Å². The lowest BCUT2D eigenvalue weighted by Gasteiger charge is -2.04. The minimum atomic E-state index is -0.578. The SMILES string of the molecule is NC(=O)c1ccnc(NC(=O)c2ccccn2)c1. The Morgan fingerprint density at radius 3 is 2.61 bits per heavy atom. The molecule has 6 nitrogen and oxygen atoms in total. The molecule has 2 amide bonds. The third-order valence-electron chi connectivity index (χ3n) is 2.18. The molecule has 0 radical (unpaired) electrons.